The number of hydrogen-bond acceptors (Lipinski definition) is 2. The van der Waals surface area contributed by atoms with Gasteiger partial charge in [-0.1, -0.05) is 26.2 Å². The van der Waals surface area contributed by atoms with E-state index in [1.165, 1.54) is 0 Å². The molecule has 0 aliphatic heterocycles. The van der Waals surface area contributed by atoms with E-state index in [4.69, 9.17) is 5.73 Å². The molecule has 0 saturated heterocycles. The molecule has 0 aromatic rings. The molecule has 1 fully saturated rings. The van der Waals surface area contributed by atoms with Crippen LogP contribution in [-0.4, -0.2) is 30.4 Å². The zero-order valence-electron chi connectivity index (χ0n) is 11.0. The minimum Gasteiger partial charge on any atom is -0.343 e. The molecule has 1 rings (SSSR count). The van der Waals surface area contributed by atoms with Crippen LogP contribution in [0.15, 0.2) is 0 Å². The fourth-order valence-electron chi connectivity index (χ4n) is 2.74. The van der Waals surface area contributed by atoms with E-state index in [0.29, 0.717) is 12.6 Å². The maximum atomic E-state index is 12.5. The van der Waals surface area contributed by atoms with E-state index in [0.717, 1.165) is 38.5 Å². The van der Waals surface area contributed by atoms with Crippen molar-refractivity contribution >= 4 is 5.91 Å². The van der Waals surface area contributed by atoms with E-state index in [-0.39, 0.29) is 11.3 Å². The van der Waals surface area contributed by atoms with Gasteiger partial charge in [0.05, 0.1) is 5.41 Å². The first kappa shape index (κ1) is 13.5. The van der Waals surface area contributed by atoms with Gasteiger partial charge in [0.2, 0.25) is 5.91 Å². The number of carbonyl (C=O) groups excluding carboxylic acids is 1. The van der Waals surface area contributed by atoms with Crippen molar-refractivity contribution in [2.24, 2.45) is 11.1 Å². The topological polar surface area (TPSA) is 46.3 Å². The van der Waals surface area contributed by atoms with Crippen LogP contribution in [0.4, 0.5) is 0 Å². The van der Waals surface area contributed by atoms with Crippen molar-refractivity contribution in [3.05, 3.63) is 0 Å². The van der Waals surface area contributed by atoms with Crippen molar-refractivity contribution in [2.45, 2.75) is 58.4 Å². The van der Waals surface area contributed by atoms with E-state index in [1.54, 1.807) is 0 Å². The van der Waals surface area contributed by atoms with E-state index in [9.17, 15) is 4.79 Å². The lowest BCUT2D eigenvalue weighted by molar-refractivity contribution is -0.142. The molecule has 1 aliphatic carbocycles. The summed E-state index contributed by atoms with van der Waals surface area (Å²) in [4.78, 5) is 14.4. The standard InChI is InChI=1S/C13H26N2O/c1-4-7-11(2)15(3)12(16)13(10-14)8-5-6-9-13/h11H,4-10,14H2,1-3H3. The maximum Gasteiger partial charge on any atom is 0.230 e. The number of hydrogen-bond donors (Lipinski definition) is 1. The van der Waals surface area contributed by atoms with Crippen LogP contribution in [0, 0.1) is 5.41 Å². The van der Waals surface area contributed by atoms with Crippen molar-refractivity contribution in [3.63, 3.8) is 0 Å². The fraction of sp³-hybridized carbons (Fsp3) is 0.923. The van der Waals surface area contributed by atoms with E-state index < -0.39 is 0 Å². The third kappa shape index (κ3) is 2.57. The van der Waals surface area contributed by atoms with Gasteiger partial charge in [-0.15, -0.1) is 0 Å². The van der Waals surface area contributed by atoms with Crippen LogP contribution in [-0.2, 0) is 4.79 Å². The second kappa shape index (κ2) is 5.67. The van der Waals surface area contributed by atoms with Gasteiger partial charge in [-0.25, -0.2) is 0 Å². The fourth-order valence-corrected chi connectivity index (χ4v) is 2.74. The Balaban J connectivity index is 2.67. The summed E-state index contributed by atoms with van der Waals surface area (Å²) in [5.41, 5.74) is 5.59. The van der Waals surface area contributed by atoms with Crippen molar-refractivity contribution in [2.75, 3.05) is 13.6 Å². The molecule has 94 valence electrons. The Morgan fingerprint density at radius 2 is 2.00 bits per heavy atom. The SMILES string of the molecule is CCCC(C)N(C)C(=O)C1(CN)CCCC1. The number of rotatable bonds is 5. The molecule has 1 aliphatic rings. The highest BCUT2D eigenvalue weighted by Crippen LogP contribution is 2.39. The van der Waals surface area contributed by atoms with Gasteiger partial charge in [0.25, 0.3) is 0 Å². The molecule has 1 unspecified atom stereocenters. The first-order chi connectivity index (χ1) is 7.57. The molecule has 1 saturated carbocycles. The lowest BCUT2D eigenvalue weighted by Crippen LogP contribution is -2.48. The minimum absolute atomic E-state index is 0.239. The highest BCUT2D eigenvalue weighted by molar-refractivity contribution is 5.83. The molecule has 0 aromatic carbocycles. The minimum atomic E-state index is -0.239. The summed E-state index contributed by atoms with van der Waals surface area (Å²) >= 11 is 0. The van der Waals surface area contributed by atoms with Crippen LogP contribution < -0.4 is 5.73 Å². The Bertz CT molecular complexity index is 234. The Labute approximate surface area is 99.4 Å². The molecule has 3 heteroatoms. The van der Waals surface area contributed by atoms with E-state index >= 15 is 0 Å². The third-order valence-corrected chi connectivity index (χ3v) is 4.09. The van der Waals surface area contributed by atoms with Gasteiger partial charge in [-0.05, 0) is 26.2 Å². The van der Waals surface area contributed by atoms with Gasteiger partial charge in [0.1, 0.15) is 0 Å². The van der Waals surface area contributed by atoms with Gasteiger partial charge >= 0.3 is 0 Å². The number of amides is 1. The second-order valence-corrected chi connectivity index (χ2v) is 5.25. The van der Waals surface area contributed by atoms with Crippen molar-refractivity contribution in [1.82, 2.24) is 4.90 Å². The Kier molecular flexibility index (Phi) is 4.78. The summed E-state index contributed by atoms with van der Waals surface area (Å²) in [5.74, 6) is 0.272. The largest absolute Gasteiger partial charge is 0.343 e. The normalized spacial score (nSPS) is 20.8. The van der Waals surface area contributed by atoms with Crippen LogP contribution in [0.1, 0.15) is 52.4 Å². The second-order valence-electron chi connectivity index (χ2n) is 5.25. The number of nitrogens with zero attached hydrogens (tertiary/aromatic N) is 1. The molecule has 0 spiro atoms. The molecular weight excluding hydrogens is 200 g/mol. The van der Waals surface area contributed by atoms with Gasteiger partial charge in [0.15, 0.2) is 0 Å². The molecule has 16 heavy (non-hydrogen) atoms. The van der Waals surface area contributed by atoms with Gasteiger partial charge in [0, 0.05) is 19.6 Å². The predicted molar refractivity (Wildman–Crippen MR) is 67.1 cm³/mol. The van der Waals surface area contributed by atoms with Crippen LogP contribution in [0.2, 0.25) is 0 Å². The third-order valence-electron chi connectivity index (χ3n) is 4.09. The number of nitrogens with two attached hydrogens (primary N) is 1. The summed E-state index contributed by atoms with van der Waals surface area (Å²) in [6, 6.07) is 0.335. The molecule has 0 aromatic heterocycles. The monoisotopic (exact) mass is 226 g/mol. The van der Waals surface area contributed by atoms with Gasteiger partial charge in [-0.3, -0.25) is 4.79 Å². The zero-order chi connectivity index (χ0) is 12.2. The Morgan fingerprint density at radius 1 is 1.44 bits per heavy atom. The summed E-state index contributed by atoms with van der Waals surface area (Å²) < 4.78 is 0. The van der Waals surface area contributed by atoms with Crippen LogP contribution in [0.3, 0.4) is 0 Å². The lowest BCUT2D eigenvalue weighted by Gasteiger charge is -2.34. The summed E-state index contributed by atoms with van der Waals surface area (Å²) in [5, 5.41) is 0. The molecule has 0 bridgehead atoms. The average Bonchev–Trinajstić information content (AvgIpc) is 2.77. The molecular formula is C13H26N2O. The lowest BCUT2D eigenvalue weighted by atomic mass is 9.84. The molecule has 1 amide bonds. The number of carbonyl (C=O) groups is 1. The maximum absolute atomic E-state index is 12.5. The van der Waals surface area contributed by atoms with Crippen molar-refractivity contribution in [1.29, 1.82) is 0 Å². The molecule has 1 atom stereocenters. The summed E-state index contributed by atoms with van der Waals surface area (Å²) in [6.45, 7) is 4.79. The summed E-state index contributed by atoms with van der Waals surface area (Å²) in [7, 11) is 1.93. The Morgan fingerprint density at radius 3 is 2.44 bits per heavy atom. The van der Waals surface area contributed by atoms with E-state index in [1.807, 2.05) is 11.9 Å². The summed E-state index contributed by atoms with van der Waals surface area (Å²) in [6.07, 6.45) is 6.45. The zero-order valence-corrected chi connectivity index (χ0v) is 11.0. The predicted octanol–water partition coefficient (Wildman–Crippen LogP) is 2.15. The highest BCUT2D eigenvalue weighted by Gasteiger charge is 2.42. The highest BCUT2D eigenvalue weighted by atomic mass is 16.2. The molecule has 0 radical (unpaired) electrons. The van der Waals surface area contributed by atoms with Crippen LogP contribution >= 0.6 is 0 Å². The smallest absolute Gasteiger partial charge is 0.230 e. The van der Waals surface area contributed by atoms with Crippen LogP contribution in [0.25, 0.3) is 0 Å². The first-order valence-electron chi connectivity index (χ1n) is 6.54. The van der Waals surface area contributed by atoms with Gasteiger partial charge < -0.3 is 10.6 Å². The van der Waals surface area contributed by atoms with Crippen molar-refractivity contribution in [3.8, 4) is 0 Å². The molecule has 0 heterocycles. The van der Waals surface area contributed by atoms with Crippen LogP contribution in [0.5, 0.6) is 0 Å². The van der Waals surface area contributed by atoms with Gasteiger partial charge in [-0.2, -0.15) is 0 Å². The molecule has 3 nitrogen and oxygen atoms in total. The van der Waals surface area contributed by atoms with E-state index in [2.05, 4.69) is 13.8 Å². The quantitative estimate of drug-likeness (QED) is 0.781. The van der Waals surface area contributed by atoms with Crippen molar-refractivity contribution < 1.29 is 4.79 Å². The Hall–Kier alpha value is -0.570. The first-order valence-corrected chi connectivity index (χ1v) is 6.54. The molecule has 2 N–H and O–H groups in total. The average molecular weight is 226 g/mol.